The van der Waals surface area contributed by atoms with Gasteiger partial charge in [0, 0.05) is 0 Å². The van der Waals surface area contributed by atoms with E-state index >= 15 is 0 Å². The fraction of sp³-hybridized carbons (Fsp3) is 0.412. The lowest BCUT2D eigenvalue weighted by atomic mass is 10.0. The van der Waals surface area contributed by atoms with E-state index in [1.54, 1.807) is 0 Å². The van der Waals surface area contributed by atoms with Crippen molar-refractivity contribution in [3.63, 3.8) is 0 Å². The Morgan fingerprint density at radius 2 is 1.85 bits per heavy atom. The molecule has 1 unspecified atom stereocenters. The van der Waals surface area contributed by atoms with Crippen molar-refractivity contribution in [1.82, 2.24) is 5.32 Å². The lowest BCUT2D eigenvalue weighted by Gasteiger charge is -2.16. The molecule has 2 aromatic rings. The molecule has 1 aromatic carbocycles. The molecule has 0 amide bonds. The van der Waals surface area contributed by atoms with Gasteiger partial charge in [-0.05, 0) is 58.6 Å². The van der Waals surface area contributed by atoms with Crippen molar-refractivity contribution >= 4 is 15.9 Å². The van der Waals surface area contributed by atoms with E-state index in [1.165, 1.54) is 24.0 Å². The zero-order valence-corrected chi connectivity index (χ0v) is 13.7. The van der Waals surface area contributed by atoms with Gasteiger partial charge in [-0.15, -0.1) is 0 Å². The number of furan rings is 1. The minimum absolute atomic E-state index is 0.117. The highest BCUT2D eigenvalue weighted by molar-refractivity contribution is 9.10. The first-order chi connectivity index (χ1) is 9.74. The second-order valence-electron chi connectivity index (χ2n) is 4.98. The first-order valence-electron chi connectivity index (χ1n) is 7.32. The van der Waals surface area contributed by atoms with Gasteiger partial charge in [0.2, 0.25) is 0 Å². The van der Waals surface area contributed by atoms with Crippen molar-refractivity contribution in [2.75, 3.05) is 6.54 Å². The van der Waals surface area contributed by atoms with Gasteiger partial charge >= 0.3 is 0 Å². The Hall–Kier alpha value is -1.06. The Kier molecular flexibility index (Phi) is 5.86. The van der Waals surface area contributed by atoms with Crippen LogP contribution in [0.1, 0.15) is 49.6 Å². The van der Waals surface area contributed by atoms with Crippen LogP contribution in [-0.2, 0) is 6.42 Å². The molecule has 108 valence electrons. The highest BCUT2D eigenvalue weighted by atomic mass is 79.9. The van der Waals surface area contributed by atoms with Gasteiger partial charge in [0.05, 0.1) is 6.04 Å². The molecule has 1 N–H and O–H groups in total. The standard InChI is InChI=1S/C17H22BrNO/c1-3-5-6-13-7-9-14(10-8-13)17(19-4-2)15-11-12-16(18)20-15/h7-12,17,19H,3-6H2,1-2H3. The van der Waals surface area contributed by atoms with Crippen LogP contribution in [0.3, 0.4) is 0 Å². The monoisotopic (exact) mass is 335 g/mol. The fourth-order valence-electron chi connectivity index (χ4n) is 2.33. The van der Waals surface area contributed by atoms with Gasteiger partial charge in [0.25, 0.3) is 0 Å². The number of aryl methyl sites for hydroxylation is 1. The van der Waals surface area contributed by atoms with Gasteiger partial charge in [0.15, 0.2) is 4.67 Å². The highest BCUT2D eigenvalue weighted by Crippen LogP contribution is 2.26. The Balaban J connectivity index is 2.17. The Labute approximate surface area is 129 Å². The van der Waals surface area contributed by atoms with Gasteiger partial charge in [0.1, 0.15) is 5.76 Å². The molecule has 0 bridgehead atoms. The molecule has 1 heterocycles. The van der Waals surface area contributed by atoms with Gasteiger partial charge in [-0.3, -0.25) is 0 Å². The van der Waals surface area contributed by atoms with Crippen molar-refractivity contribution in [2.24, 2.45) is 0 Å². The average Bonchev–Trinajstić information content (AvgIpc) is 2.89. The number of nitrogens with one attached hydrogen (secondary N) is 1. The SMILES string of the molecule is CCCCc1ccc(C(NCC)c2ccc(Br)o2)cc1. The quantitative estimate of drug-likeness (QED) is 0.762. The van der Waals surface area contributed by atoms with Gasteiger partial charge < -0.3 is 9.73 Å². The summed E-state index contributed by atoms with van der Waals surface area (Å²) in [5.41, 5.74) is 2.65. The lowest BCUT2D eigenvalue weighted by Crippen LogP contribution is -2.21. The number of rotatable bonds is 7. The molecular weight excluding hydrogens is 314 g/mol. The zero-order chi connectivity index (χ0) is 14.4. The normalized spacial score (nSPS) is 12.6. The van der Waals surface area contributed by atoms with Gasteiger partial charge in [-0.25, -0.2) is 0 Å². The van der Waals surface area contributed by atoms with E-state index in [-0.39, 0.29) is 6.04 Å². The molecule has 2 rings (SSSR count). The molecule has 3 heteroatoms. The summed E-state index contributed by atoms with van der Waals surface area (Å²) in [4.78, 5) is 0. The zero-order valence-electron chi connectivity index (χ0n) is 12.2. The topological polar surface area (TPSA) is 25.2 Å². The largest absolute Gasteiger partial charge is 0.452 e. The smallest absolute Gasteiger partial charge is 0.169 e. The molecule has 0 aliphatic heterocycles. The van der Waals surface area contributed by atoms with Gasteiger partial charge in [-0.2, -0.15) is 0 Å². The summed E-state index contributed by atoms with van der Waals surface area (Å²) in [7, 11) is 0. The maximum Gasteiger partial charge on any atom is 0.169 e. The Morgan fingerprint density at radius 3 is 2.40 bits per heavy atom. The molecular formula is C17H22BrNO. The van der Waals surface area contributed by atoms with Crippen LogP contribution in [0.15, 0.2) is 45.5 Å². The summed E-state index contributed by atoms with van der Waals surface area (Å²) in [5.74, 6) is 0.944. The molecule has 0 spiro atoms. The maximum absolute atomic E-state index is 5.70. The number of benzene rings is 1. The van der Waals surface area contributed by atoms with Crippen molar-refractivity contribution in [2.45, 2.75) is 39.2 Å². The fourth-order valence-corrected chi connectivity index (χ4v) is 2.65. The third kappa shape index (κ3) is 3.97. The molecule has 20 heavy (non-hydrogen) atoms. The minimum Gasteiger partial charge on any atom is -0.452 e. The van der Waals surface area contributed by atoms with Crippen LogP contribution >= 0.6 is 15.9 Å². The van der Waals surface area contributed by atoms with Crippen LogP contribution in [0.2, 0.25) is 0 Å². The van der Waals surface area contributed by atoms with Crippen LogP contribution < -0.4 is 5.32 Å². The van der Waals surface area contributed by atoms with E-state index in [4.69, 9.17) is 4.42 Å². The summed E-state index contributed by atoms with van der Waals surface area (Å²) in [6.45, 7) is 5.24. The van der Waals surface area contributed by atoms with Crippen molar-refractivity contribution in [3.05, 3.63) is 58.0 Å². The van der Waals surface area contributed by atoms with Gasteiger partial charge in [-0.1, -0.05) is 44.5 Å². The van der Waals surface area contributed by atoms with E-state index in [0.717, 1.165) is 23.4 Å². The maximum atomic E-state index is 5.70. The average molecular weight is 336 g/mol. The van der Waals surface area contributed by atoms with Crippen molar-refractivity contribution < 1.29 is 4.42 Å². The number of halogens is 1. The molecule has 0 aliphatic carbocycles. The second kappa shape index (κ2) is 7.65. The summed E-state index contributed by atoms with van der Waals surface area (Å²) in [6, 6.07) is 12.9. The molecule has 0 aliphatic rings. The first-order valence-corrected chi connectivity index (χ1v) is 8.11. The van der Waals surface area contributed by atoms with Crippen LogP contribution in [0.25, 0.3) is 0 Å². The van der Waals surface area contributed by atoms with Crippen LogP contribution in [0, 0.1) is 0 Å². The van der Waals surface area contributed by atoms with E-state index in [1.807, 2.05) is 12.1 Å². The summed E-state index contributed by atoms with van der Waals surface area (Å²) in [5, 5.41) is 3.48. The molecule has 0 saturated carbocycles. The highest BCUT2D eigenvalue weighted by Gasteiger charge is 2.16. The van der Waals surface area contributed by atoms with E-state index in [9.17, 15) is 0 Å². The Bertz CT molecular complexity index is 518. The van der Waals surface area contributed by atoms with Crippen LogP contribution in [-0.4, -0.2) is 6.54 Å². The summed E-state index contributed by atoms with van der Waals surface area (Å²) >= 11 is 3.37. The van der Waals surface area contributed by atoms with Crippen molar-refractivity contribution in [1.29, 1.82) is 0 Å². The van der Waals surface area contributed by atoms with Crippen molar-refractivity contribution in [3.8, 4) is 0 Å². The van der Waals surface area contributed by atoms with Crippen LogP contribution in [0.5, 0.6) is 0 Å². The molecule has 0 fully saturated rings. The molecule has 1 atom stereocenters. The predicted molar refractivity (Wildman–Crippen MR) is 87.0 cm³/mol. The molecule has 0 saturated heterocycles. The Morgan fingerprint density at radius 1 is 1.10 bits per heavy atom. The molecule has 2 nitrogen and oxygen atoms in total. The number of hydrogen-bond acceptors (Lipinski definition) is 2. The first kappa shape index (κ1) is 15.3. The van der Waals surface area contributed by atoms with E-state index < -0.39 is 0 Å². The minimum atomic E-state index is 0.117. The summed E-state index contributed by atoms with van der Waals surface area (Å²) in [6.07, 6.45) is 3.65. The molecule has 0 radical (unpaired) electrons. The lowest BCUT2D eigenvalue weighted by molar-refractivity contribution is 0.437. The third-order valence-corrected chi connectivity index (χ3v) is 3.85. The van der Waals surface area contributed by atoms with E-state index in [0.29, 0.717) is 0 Å². The van der Waals surface area contributed by atoms with Crippen LogP contribution in [0.4, 0.5) is 0 Å². The molecule has 1 aromatic heterocycles. The second-order valence-corrected chi connectivity index (χ2v) is 5.76. The predicted octanol–water partition coefficient (Wildman–Crippen LogP) is 5.08. The third-order valence-electron chi connectivity index (χ3n) is 3.42. The summed E-state index contributed by atoms with van der Waals surface area (Å²) < 4.78 is 6.48. The number of unbranched alkanes of at least 4 members (excludes halogenated alkanes) is 1. The number of hydrogen-bond donors (Lipinski definition) is 1. The van der Waals surface area contributed by atoms with E-state index in [2.05, 4.69) is 59.4 Å².